The van der Waals surface area contributed by atoms with Crippen LogP contribution in [0.15, 0.2) is 4.99 Å². The summed E-state index contributed by atoms with van der Waals surface area (Å²) in [7, 11) is 0. The Morgan fingerprint density at radius 2 is 1.87 bits per heavy atom. The Balaban J connectivity index is 0. The second kappa shape index (κ2) is 6.83. The maximum atomic E-state index is 11.3. The van der Waals surface area contributed by atoms with Crippen molar-refractivity contribution in [2.45, 2.75) is 32.4 Å². The molecular weight excluding hydrogens is 311 g/mol. The average Bonchev–Trinajstić information content (AvgIpc) is 1.96. The third-order valence-electron chi connectivity index (χ3n) is 1.18. The molecule has 0 aromatic carbocycles. The van der Waals surface area contributed by atoms with E-state index in [1.165, 1.54) is 0 Å². The van der Waals surface area contributed by atoms with Gasteiger partial charge in [-0.15, -0.1) is 24.0 Å². The molecule has 0 aliphatic carbocycles. The number of nitrogens with zero attached hydrogens (tertiary/aromatic N) is 1. The SMILES string of the molecule is CC(C)(C)OC(=O)C(N)CN=C(N)N.I. The van der Waals surface area contributed by atoms with Crippen molar-refractivity contribution in [1.82, 2.24) is 0 Å². The van der Waals surface area contributed by atoms with E-state index in [4.69, 9.17) is 21.9 Å². The normalized spacial score (nSPS) is 12.3. The molecule has 15 heavy (non-hydrogen) atoms. The Labute approximate surface area is 107 Å². The summed E-state index contributed by atoms with van der Waals surface area (Å²) in [6, 6.07) is -0.823. The number of halogens is 1. The Bertz CT molecular complexity index is 233. The molecule has 0 amide bonds. The van der Waals surface area contributed by atoms with Crippen molar-refractivity contribution in [2.75, 3.05) is 6.54 Å². The van der Waals surface area contributed by atoms with E-state index in [0.29, 0.717) is 0 Å². The van der Waals surface area contributed by atoms with E-state index < -0.39 is 17.6 Å². The zero-order chi connectivity index (χ0) is 11.4. The summed E-state index contributed by atoms with van der Waals surface area (Å²) in [6.45, 7) is 5.33. The van der Waals surface area contributed by atoms with E-state index in [2.05, 4.69) is 4.99 Å². The molecule has 0 aliphatic rings. The number of hydrogen-bond acceptors (Lipinski definition) is 4. The molecule has 0 fully saturated rings. The minimum Gasteiger partial charge on any atom is -0.459 e. The van der Waals surface area contributed by atoms with Gasteiger partial charge in [0.1, 0.15) is 11.6 Å². The van der Waals surface area contributed by atoms with Gasteiger partial charge in [-0.2, -0.15) is 0 Å². The monoisotopic (exact) mass is 330 g/mol. The molecule has 0 radical (unpaired) electrons. The van der Waals surface area contributed by atoms with Gasteiger partial charge in [0, 0.05) is 0 Å². The molecule has 0 bridgehead atoms. The van der Waals surface area contributed by atoms with Gasteiger partial charge in [0.2, 0.25) is 0 Å². The van der Waals surface area contributed by atoms with Gasteiger partial charge < -0.3 is 21.9 Å². The molecule has 0 aromatic rings. The summed E-state index contributed by atoms with van der Waals surface area (Å²) in [5, 5.41) is 0. The lowest BCUT2D eigenvalue weighted by atomic mass is 10.2. The van der Waals surface area contributed by atoms with E-state index in [1.54, 1.807) is 20.8 Å². The number of nitrogens with two attached hydrogens (primary N) is 3. The third kappa shape index (κ3) is 9.73. The highest BCUT2D eigenvalue weighted by Crippen LogP contribution is 2.07. The van der Waals surface area contributed by atoms with Gasteiger partial charge in [0.05, 0.1) is 6.54 Å². The molecule has 1 atom stereocenters. The molecule has 0 aromatic heterocycles. The van der Waals surface area contributed by atoms with Crippen molar-refractivity contribution >= 4 is 35.9 Å². The molecular formula is C8H19IN4O2. The zero-order valence-electron chi connectivity index (χ0n) is 9.19. The van der Waals surface area contributed by atoms with Crippen molar-refractivity contribution < 1.29 is 9.53 Å². The van der Waals surface area contributed by atoms with Crippen LogP contribution in [-0.2, 0) is 9.53 Å². The van der Waals surface area contributed by atoms with E-state index in [-0.39, 0.29) is 36.5 Å². The maximum absolute atomic E-state index is 11.3. The van der Waals surface area contributed by atoms with Crippen molar-refractivity contribution in [2.24, 2.45) is 22.2 Å². The molecule has 6 N–H and O–H groups in total. The number of carbonyl (C=O) groups is 1. The lowest BCUT2D eigenvalue weighted by Crippen LogP contribution is -2.40. The summed E-state index contributed by atoms with van der Waals surface area (Å²) >= 11 is 0. The number of guanidine groups is 1. The van der Waals surface area contributed by atoms with E-state index in [1.807, 2.05) is 0 Å². The Morgan fingerprint density at radius 3 is 2.20 bits per heavy atom. The largest absolute Gasteiger partial charge is 0.459 e. The van der Waals surface area contributed by atoms with Gasteiger partial charge in [-0.25, -0.2) is 0 Å². The number of hydrogen-bond donors (Lipinski definition) is 3. The van der Waals surface area contributed by atoms with Crippen LogP contribution in [0.2, 0.25) is 0 Å². The van der Waals surface area contributed by atoms with Crippen LogP contribution in [-0.4, -0.2) is 30.1 Å². The summed E-state index contributed by atoms with van der Waals surface area (Å²) in [5.41, 5.74) is 15.1. The van der Waals surface area contributed by atoms with Crippen LogP contribution in [0.4, 0.5) is 0 Å². The summed E-state index contributed by atoms with van der Waals surface area (Å²) in [4.78, 5) is 14.9. The second-order valence-corrected chi connectivity index (χ2v) is 3.91. The van der Waals surface area contributed by atoms with Gasteiger partial charge >= 0.3 is 5.97 Å². The molecule has 0 heterocycles. The number of aliphatic imine (C=N–C) groups is 1. The first-order chi connectivity index (χ1) is 6.22. The number of rotatable bonds is 3. The quantitative estimate of drug-likeness (QED) is 0.280. The molecule has 0 saturated carbocycles. The summed E-state index contributed by atoms with van der Waals surface area (Å²) < 4.78 is 5.02. The second-order valence-electron chi connectivity index (χ2n) is 3.91. The lowest BCUT2D eigenvalue weighted by Gasteiger charge is -2.21. The fraction of sp³-hybridized carbons (Fsp3) is 0.750. The smallest absolute Gasteiger partial charge is 0.325 e. The first-order valence-corrected chi connectivity index (χ1v) is 4.26. The predicted molar refractivity (Wildman–Crippen MR) is 69.9 cm³/mol. The average molecular weight is 330 g/mol. The van der Waals surface area contributed by atoms with Gasteiger partial charge in [-0.05, 0) is 20.8 Å². The number of ether oxygens (including phenoxy) is 1. The summed E-state index contributed by atoms with van der Waals surface area (Å²) in [6.07, 6.45) is 0. The lowest BCUT2D eigenvalue weighted by molar-refractivity contribution is -0.156. The minimum atomic E-state index is -0.823. The maximum Gasteiger partial charge on any atom is 0.325 e. The van der Waals surface area contributed by atoms with Crippen LogP contribution in [0.25, 0.3) is 0 Å². The van der Waals surface area contributed by atoms with Crippen LogP contribution in [0.5, 0.6) is 0 Å². The Morgan fingerprint density at radius 1 is 1.40 bits per heavy atom. The summed E-state index contributed by atoms with van der Waals surface area (Å²) in [5.74, 6) is -0.605. The predicted octanol–water partition coefficient (Wildman–Crippen LogP) is -0.453. The van der Waals surface area contributed by atoms with Crippen LogP contribution in [0.3, 0.4) is 0 Å². The van der Waals surface area contributed by atoms with Crippen molar-refractivity contribution in [3.05, 3.63) is 0 Å². The highest BCUT2D eigenvalue weighted by Gasteiger charge is 2.21. The van der Waals surface area contributed by atoms with Crippen LogP contribution in [0, 0.1) is 0 Å². The van der Waals surface area contributed by atoms with Crippen molar-refractivity contribution in [1.29, 1.82) is 0 Å². The highest BCUT2D eigenvalue weighted by atomic mass is 127. The molecule has 7 heteroatoms. The fourth-order valence-electron chi connectivity index (χ4n) is 0.656. The van der Waals surface area contributed by atoms with E-state index in [0.717, 1.165) is 0 Å². The first kappa shape index (κ1) is 16.8. The van der Waals surface area contributed by atoms with Crippen LogP contribution >= 0.6 is 24.0 Å². The van der Waals surface area contributed by atoms with Gasteiger partial charge in [-0.3, -0.25) is 9.79 Å². The topological polar surface area (TPSA) is 117 Å². The molecule has 0 saturated heterocycles. The molecule has 90 valence electrons. The van der Waals surface area contributed by atoms with E-state index >= 15 is 0 Å². The minimum absolute atomic E-state index is 0. The standard InChI is InChI=1S/C8H18N4O2.HI/c1-8(2,3)14-6(13)5(9)4-12-7(10)11;/h5H,4,9H2,1-3H3,(H4,10,11,12);1H. The molecule has 0 rings (SSSR count). The van der Waals surface area contributed by atoms with Crippen LogP contribution < -0.4 is 17.2 Å². The van der Waals surface area contributed by atoms with Crippen LogP contribution in [0.1, 0.15) is 20.8 Å². The number of esters is 1. The van der Waals surface area contributed by atoms with Gasteiger partial charge in [0.15, 0.2) is 5.96 Å². The van der Waals surface area contributed by atoms with E-state index in [9.17, 15) is 4.79 Å². The first-order valence-electron chi connectivity index (χ1n) is 4.26. The molecule has 1 unspecified atom stereocenters. The Kier molecular flexibility index (Phi) is 7.67. The highest BCUT2D eigenvalue weighted by molar-refractivity contribution is 14.0. The van der Waals surface area contributed by atoms with Gasteiger partial charge in [-0.1, -0.05) is 0 Å². The third-order valence-corrected chi connectivity index (χ3v) is 1.18. The van der Waals surface area contributed by atoms with Gasteiger partial charge in [0.25, 0.3) is 0 Å². The number of carbonyl (C=O) groups excluding carboxylic acids is 1. The zero-order valence-corrected chi connectivity index (χ0v) is 11.5. The Hall–Kier alpha value is -0.570. The molecule has 6 nitrogen and oxygen atoms in total. The molecule has 0 spiro atoms. The van der Waals surface area contributed by atoms with Crippen molar-refractivity contribution in [3.63, 3.8) is 0 Å². The molecule has 0 aliphatic heterocycles. The van der Waals surface area contributed by atoms with Crippen molar-refractivity contribution in [3.8, 4) is 0 Å². The fourth-order valence-corrected chi connectivity index (χ4v) is 0.656.